The number of nitrogens with one attached hydrogen (secondary N) is 1. The molecule has 3 heterocycles. The lowest BCUT2D eigenvalue weighted by atomic mass is 10.2. The molecule has 0 saturated heterocycles. The fraction of sp³-hybridized carbons (Fsp3) is 0. The molecular weight excluding hydrogens is 188 g/mol. The normalized spacial score (nSPS) is 10.6. The summed E-state index contributed by atoms with van der Waals surface area (Å²) in [5.74, 6) is 0. The Balaban J connectivity index is 2.53. The van der Waals surface area contributed by atoms with Crippen LogP contribution in [0.25, 0.3) is 22.1 Å². The molecule has 0 aliphatic carbocycles. The Morgan fingerprint density at radius 2 is 2.20 bits per heavy atom. The van der Waals surface area contributed by atoms with Crippen LogP contribution < -0.4 is 0 Å². The van der Waals surface area contributed by atoms with Crippen molar-refractivity contribution in [3.05, 3.63) is 36.2 Å². The quantitative estimate of drug-likeness (QED) is 0.595. The van der Waals surface area contributed by atoms with Crippen LogP contribution >= 0.6 is 0 Å². The molecule has 0 bridgehead atoms. The van der Waals surface area contributed by atoms with Gasteiger partial charge in [0.05, 0.1) is 11.0 Å². The maximum atomic E-state index is 8.77. The number of nitrogens with zero attached hydrogens (tertiary/aromatic N) is 3. The van der Waals surface area contributed by atoms with Crippen molar-refractivity contribution in [2.75, 3.05) is 0 Å². The van der Waals surface area contributed by atoms with E-state index < -0.39 is 0 Å². The van der Waals surface area contributed by atoms with Gasteiger partial charge in [0, 0.05) is 11.6 Å². The van der Waals surface area contributed by atoms with E-state index >= 15 is 0 Å². The molecule has 0 aliphatic heterocycles. The number of hydrogen-bond acceptors (Lipinski definition) is 3. The molecular formula is C11H6N4. The number of fused-ring (bicyclic) bond motifs is 3. The van der Waals surface area contributed by atoms with Crippen molar-refractivity contribution in [3.8, 4) is 6.07 Å². The summed E-state index contributed by atoms with van der Waals surface area (Å²) >= 11 is 0. The topological polar surface area (TPSA) is 65.4 Å². The molecule has 15 heavy (non-hydrogen) atoms. The Bertz CT molecular complexity index is 690. The van der Waals surface area contributed by atoms with E-state index in [1.165, 1.54) is 0 Å². The minimum atomic E-state index is 0.423. The number of rotatable bonds is 0. The van der Waals surface area contributed by atoms with E-state index in [1.807, 2.05) is 24.3 Å². The van der Waals surface area contributed by atoms with Gasteiger partial charge in [0.25, 0.3) is 0 Å². The Hall–Kier alpha value is -2.41. The summed E-state index contributed by atoms with van der Waals surface area (Å²) in [6, 6.07) is 9.37. The van der Waals surface area contributed by atoms with E-state index in [-0.39, 0.29) is 0 Å². The molecule has 0 fully saturated rings. The largest absolute Gasteiger partial charge is 0.338 e. The van der Waals surface area contributed by atoms with Gasteiger partial charge in [-0.1, -0.05) is 0 Å². The van der Waals surface area contributed by atoms with E-state index in [4.69, 9.17) is 5.26 Å². The van der Waals surface area contributed by atoms with Crippen LogP contribution in [0.15, 0.2) is 30.5 Å². The van der Waals surface area contributed by atoms with Gasteiger partial charge in [-0.15, -0.1) is 0 Å². The average molecular weight is 194 g/mol. The lowest BCUT2D eigenvalue weighted by Gasteiger charge is -1.89. The summed E-state index contributed by atoms with van der Waals surface area (Å²) in [6.45, 7) is 0. The van der Waals surface area contributed by atoms with Crippen molar-refractivity contribution < 1.29 is 0 Å². The van der Waals surface area contributed by atoms with Crippen molar-refractivity contribution in [2.24, 2.45) is 0 Å². The second-order valence-electron chi connectivity index (χ2n) is 3.23. The standard InChI is InChI=1S/C11H6N4/c12-6-7-3-4-9-10(14-7)8-2-1-5-13-11(8)15-9/h1-5H,(H,13,15). The van der Waals surface area contributed by atoms with Crippen LogP contribution in [0.1, 0.15) is 5.69 Å². The van der Waals surface area contributed by atoms with Crippen LogP contribution in [0.5, 0.6) is 0 Å². The number of hydrogen-bond donors (Lipinski definition) is 1. The molecule has 0 saturated carbocycles. The van der Waals surface area contributed by atoms with Gasteiger partial charge in [-0.3, -0.25) is 0 Å². The van der Waals surface area contributed by atoms with Crippen molar-refractivity contribution in [1.82, 2.24) is 15.0 Å². The van der Waals surface area contributed by atoms with Gasteiger partial charge < -0.3 is 4.98 Å². The van der Waals surface area contributed by atoms with Crippen molar-refractivity contribution in [2.45, 2.75) is 0 Å². The van der Waals surface area contributed by atoms with Gasteiger partial charge in [-0.25, -0.2) is 9.97 Å². The second kappa shape index (κ2) is 2.79. The Kier molecular flexibility index (Phi) is 1.48. The fourth-order valence-electron chi connectivity index (χ4n) is 1.65. The first-order valence-electron chi connectivity index (χ1n) is 4.52. The number of pyridine rings is 2. The van der Waals surface area contributed by atoms with Crippen molar-refractivity contribution in [1.29, 1.82) is 5.26 Å². The minimum Gasteiger partial charge on any atom is -0.338 e. The molecule has 3 aromatic heterocycles. The van der Waals surface area contributed by atoms with Crippen LogP contribution in [0, 0.1) is 11.3 Å². The Morgan fingerprint density at radius 1 is 1.27 bits per heavy atom. The highest BCUT2D eigenvalue weighted by molar-refractivity contribution is 6.03. The molecule has 0 unspecified atom stereocenters. The highest BCUT2D eigenvalue weighted by Crippen LogP contribution is 2.21. The average Bonchev–Trinajstić information content (AvgIpc) is 2.66. The summed E-state index contributed by atoms with van der Waals surface area (Å²) in [6.07, 6.45) is 1.73. The van der Waals surface area contributed by atoms with E-state index in [0.717, 1.165) is 22.1 Å². The lowest BCUT2D eigenvalue weighted by molar-refractivity contribution is 1.32. The second-order valence-corrected chi connectivity index (χ2v) is 3.23. The molecule has 70 valence electrons. The zero-order valence-corrected chi connectivity index (χ0v) is 7.73. The van der Waals surface area contributed by atoms with Crippen LogP contribution in [0.2, 0.25) is 0 Å². The van der Waals surface area contributed by atoms with Crippen LogP contribution in [-0.4, -0.2) is 15.0 Å². The Labute approximate surface area is 85.2 Å². The number of nitriles is 1. The van der Waals surface area contributed by atoms with Gasteiger partial charge >= 0.3 is 0 Å². The van der Waals surface area contributed by atoms with Crippen molar-refractivity contribution >= 4 is 22.1 Å². The predicted octanol–water partition coefficient (Wildman–Crippen LogP) is 1.98. The molecule has 0 spiro atoms. The monoisotopic (exact) mass is 194 g/mol. The molecule has 3 aromatic rings. The number of aromatic amines is 1. The molecule has 0 amide bonds. The summed E-state index contributed by atoms with van der Waals surface area (Å²) < 4.78 is 0. The lowest BCUT2D eigenvalue weighted by Crippen LogP contribution is -1.81. The molecule has 3 rings (SSSR count). The predicted molar refractivity (Wildman–Crippen MR) is 56.1 cm³/mol. The van der Waals surface area contributed by atoms with Gasteiger partial charge in [0.1, 0.15) is 17.4 Å². The maximum Gasteiger partial charge on any atom is 0.141 e. The van der Waals surface area contributed by atoms with Gasteiger partial charge in [-0.05, 0) is 24.3 Å². The Morgan fingerprint density at radius 3 is 3.07 bits per heavy atom. The summed E-state index contributed by atoms with van der Waals surface area (Å²) in [4.78, 5) is 11.6. The molecule has 4 heteroatoms. The first-order valence-corrected chi connectivity index (χ1v) is 4.52. The highest BCUT2D eigenvalue weighted by atomic mass is 14.9. The van der Waals surface area contributed by atoms with E-state index in [1.54, 1.807) is 12.3 Å². The van der Waals surface area contributed by atoms with Gasteiger partial charge in [0.15, 0.2) is 0 Å². The fourth-order valence-corrected chi connectivity index (χ4v) is 1.65. The van der Waals surface area contributed by atoms with Crippen LogP contribution in [-0.2, 0) is 0 Å². The number of aromatic nitrogens is 3. The zero-order chi connectivity index (χ0) is 10.3. The maximum absolute atomic E-state index is 8.77. The summed E-state index contributed by atoms with van der Waals surface area (Å²) in [5, 5.41) is 9.72. The smallest absolute Gasteiger partial charge is 0.141 e. The number of H-pyrrole nitrogens is 1. The molecule has 0 aromatic carbocycles. The molecule has 0 aliphatic rings. The first kappa shape index (κ1) is 7.94. The van der Waals surface area contributed by atoms with Gasteiger partial charge in [-0.2, -0.15) is 5.26 Å². The minimum absolute atomic E-state index is 0.423. The molecule has 1 N–H and O–H groups in total. The third-order valence-corrected chi connectivity index (χ3v) is 2.33. The molecule has 0 atom stereocenters. The first-order chi connectivity index (χ1) is 7.38. The zero-order valence-electron chi connectivity index (χ0n) is 7.73. The molecule has 4 nitrogen and oxygen atoms in total. The van der Waals surface area contributed by atoms with E-state index in [9.17, 15) is 0 Å². The molecule has 0 radical (unpaired) electrons. The van der Waals surface area contributed by atoms with Crippen LogP contribution in [0.3, 0.4) is 0 Å². The van der Waals surface area contributed by atoms with Crippen molar-refractivity contribution in [3.63, 3.8) is 0 Å². The van der Waals surface area contributed by atoms with E-state index in [0.29, 0.717) is 5.69 Å². The van der Waals surface area contributed by atoms with Gasteiger partial charge in [0.2, 0.25) is 0 Å². The van der Waals surface area contributed by atoms with Crippen LogP contribution in [0.4, 0.5) is 0 Å². The summed E-state index contributed by atoms with van der Waals surface area (Å²) in [5.41, 5.74) is 2.93. The highest BCUT2D eigenvalue weighted by Gasteiger charge is 2.05. The van der Waals surface area contributed by atoms with E-state index in [2.05, 4.69) is 15.0 Å². The third-order valence-electron chi connectivity index (χ3n) is 2.33. The third kappa shape index (κ3) is 1.07. The summed E-state index contributed by atoms with van der Waals surface area (Å²) in [7, 11) is 0. The SMILES string of the molecule is N#Cc1ccc2[nH]c3ncccc3c2n1.